The van der Waals surface area contributed by atoms with Crippen molar-refractivity contribution in [3.05, 3.63) is 29.0 Å². The van der Waals surface area contributed by atoms with Crippen LogP contribution in [0.25, 0.3) is 5.52 Å². The van der Waals surface area contributed by atoms with Crippen molar-refractivity contribution in [2.24, 2.45) is 5.73 Å². The molecule has 2 heterocycles. The van der Waals surface area contributed by atoms with Crippen molar-refractivity contribution in [3.8, 4) is 0 Å². The summed E-state index contributed by atoms with van der Waals surface area (Å²) in [5, 5.41) is 7.82. The lowest BCUT2D eigenvalue weighted by atomic mass is 10.3. The van der Waals surface area contributed by atoms with Crippen LogP contribution < -0.4 is 5.73 Å². The fraction of sp³-hybridized carbons (Fsp3) is 0. The summed E-state index contributed by atoms with van der Waals surface area (Å²) in [7, 11) is 0. The van der Waals surface area contributed by atoms with Gasteiger partial charge in [0.1, 0.15) is 0 Å². The first-order chi connectivity index (χ1) is 6.18. The van der Waals surface area contributed by atoms with Crippen molar-refractivity contribution in [2.75, 3.05) is 0 Å². The quantitative estimate of drug-likeness (QED) is 0.721. The number of halogens is 1. The van der Waals surface area contributed by atoms with Crippen LogP contribution in [0.15, 0.2) is 18.3 Å². The maximum absolute atomic E-state index is 10.8. The smallest absolute Gasteiger partial charge is 0.271 e. The molecule has 1 amide bonds. The molecule has 0 unspecified atom stereocenters. The van der Waals surface area contributed by atoms with Gasteiger partial charge in [0, 0.05) is 6.20 Å². The average Bonchev–Trinajstić information content (AvgIpc) is 2.46. The van der Waals surface area contributed by atoms with Crippen molar-refractivity contribution in [3.63, 3.8) is 0 Å². The number of pyridine rings is 1. The molecule has 6 heteroatoms. The molecule has 0 spiro atoms. The van der Waals surface area contributed by atoms with Crippen molar-refractivity contribution in [2.45, 2.75) is 0 Å². The SMILES string of the molecule is NC(=O)c1nnn2cc(Cl)ccc12. The summed E-state index contributed by atoms with van der Waals surface area (Å²) >= 11 is 5.70. The zero-order valence-electron chi connectivity index (χ0n) is 6.44. The van der Waals surface area contributed by atoms with E-state index in [-0.39, 0.29) is 5.69 Å². The highest BCUT2D eigenvalue weighted by atomic mass is 35.5. The molecule has 0 aliphatic heterocycles. The largest absolute Gasteiger partial charge is 0.364 e. The van der Waals surface area contributed by atoms with E-state index in [1.807, 2.05) is 0 Å². The van der Waals surface area contributed by atoms with Crippen LogP contribution >= 0.6 is 11.6 Å². The third-order valence-electron chi connectivity index (χ3n) is 1.61. The molecule has 0 aliphatic rings. The van der Waals surface area contributed by atoms with Crippen LogP contribution in [0.3, 0.4) is 0 Å². The van der Waals surface area contributed by atoms with Gasteiger partial charge in [0.05, 0.1) is 10.5 Å². The normalized spacial score (nSPS) is 10.5. The van der Waals surface area contributed by atoms with Crippen molar-refractivity contribution >= 4 is 23.0 Å². The van der Waals surface area contributed by atoms with Gasteiger partial charge in [-0.3, -0.25) is 4.79 Å². The number of fused-ring (bicyclic) bond motifs is 1. The fourth-order valence-electron chi connectivity index (χ4n) is 1.05. The molecule has 5 nitrogen and oxygen atoms in total. The molecule has 2 aromatic heterocycles. The lowest BCUT2D eigenvalue weighted by molar-refractivity contribution is 0.0997. The molecule has 0 bridgehead atoms. The molecule has 0 atom stereocenters. The summed E-state index contributed by atoms with van der Waals surface area (Å²) in [4.78, 5) is 10.8. The standard InChI is InChI=1S/C7H5ClN4O/c8-4-1-2-5-6(7(9)13)10-11-12(5)3-4/h1-3H,(H2,9,13). The Hall–Kier alpha value is -1.62. The second kappa shape index (κ2) is 2.70. The molecule has 2 rings (SSSR count). The van der Waals surface area contributed by atoms with Gasteiger partial charge in [-0.25, -0.2) is 4.52 Å². The molecule has 13 heavy (non-hydrogen) atoms. The topological polar surface area (TPSA) is 73.3 Å². The van der Waals surface area contributed by atoms with Crippen molar-refractivity contribution in [1.29, 1.82) is 0 Å². The van der Waals surface area contributed by atoms with Crippen LogP contribution in [0.2, 0.25) is 5.02 Å². The summed E-state index contributed by atoms with van der Waals surface area (Å²) in [6, 6.07) is 3.29. The minimum Gasteiger partial charge on any atom is -0.364 e. The van der Waals surface area contributed by atoms with E-state index in [9.17, 15) is 4.79 Å². The minimum atomic E-state index is -0.600. The molecule has 0 aliphatic carbocycles. The number of primary amides is 1. The van der Waals surface area contributed by atoms with Gasteiger partial charge in [-0.15, -0.1) is 5.10 Å². The minimum absolute atomic E-state index is 0.150. The molecule has 0 saturated heterocycles. The Morgan fingerprint density at radius 2 is 2.31 bits per heavy atom. The van der Waals surface area contributed by atoms with E-state index in [0.29, 0.717) is 10.5 Å². The molecule has 0 radical (unpaired) electrons. The van der Waals surface area contributed by atoms with Gasteiger partial charge in [0.15, 0.2) is 5.69 Å². The Balaban J connectivity index is 2.76. The van der Waals surface area contributed by atoms with Crippen LogP contribution in [0.1, 0.15) is 10.5 Å². The van der Waals surface area contributed by atoms with E-state index < -0.39 is 5.91 Å². The zero-order valence-corrected chi connectivity index (χ0v) is 7.19. The zero-order chi connectivity index (χ0) is 9.42. The van der Waals surface area contributed by atoms with Gasteiger partial charge in [-0.1, -0.05) is 16.8 Å². The molecule has 0 fully saturated rings. The molecular formula is C7H5ClN4O. The van der Waals surface area contributed by atoms with Crippen LogP contribution in [0, 0.1) is 0 Å². The van der Waals surface area contributed by atoms with Crippen LogP contribution in [0.5, 0.6) is 0 Å². The number of nitrogens with zero attached hydrogens (tertiary/aromatic N) is 3. The summed E-state index contributed by atoms with van der Waals surface area (Å²) in [5.41, 5.74) is 5.78. The van der Waals surface area contributed by atoms with Crippen LogP contribution in [0.4, 0.5) is 0 Å². The lowest BCUT2D eigenvalue weighted by Crippen LogP contribution is -2.11. The van der Waals surface area contributed by atoms with E-state index in [4.69, 9.17) is 17.3 Å². The molecule has 2 aromatic rings. The third kappa shape index (κ3) is 1.23. The summed E-state index contributed by atoms with van der Waals surface area (Å²) in [5.74, 6) is -0.600. The van der Waals surface area contributed by atoms with Crippen molar-refractivity contribution < 1.29 is 4.79 Å². The van der Waals surface area contributed by atoms with Crippen molar-refractivity contribution in [1.82, 2.24) is 14.8 Å². The molecule has 66 valence electrons. The predicted molar refractivity (Wildman–Crippen MR) is 46.5 cm³/mol. The monoisotopic (exact) mass is 196 g/mol. The Labute approximate surface area is 78.1 Å². The number of nitrogens with two attached hydrogens (primary N) is 1. The van der Waals surface area contributed by atoms with Gasteiger partial charge < -0.3 is 5.73 Å². The lowest BCUT2D eigenvalue weighted by Gasteiger charge is -1.92. The van der Waals surface area contributed by atoms with Gasteiger partial charge in [0.2, 0.25) is 0 Å². The molecule has 2 N–H and O–H groups in total. The first kappa shape index (κ1) is 8.00. The van der Waals surface area contributed by atoms with E-state index in [2.05, 4.69) is 10.3 Å². The van der Waals surface area contributed by atoms with E-state index in [1.54, 1.807) is 18.3 Å². The number of rotatable bonds is 1. The first-order valence-corrected chi connectivity index (χ1v) is 3.86. The maximum atomic E-state index is 10.8. The molecule has 0 saturated carbocycles. The summed E-state index contributed by atoms with van der Waals surface area (Å²) < 4.78 is 1.41. The van der Waals surface area contributed by atoms with Gasteiger partial charge in [0.25, 0.3) is 5.91 Å². The average molecular weight is 197 g/mol. The Morgan fingerprint density at radius 1 is 1.54 bits per heavy atom. The number of amides is 1. The second-order valence-corrected chi connectivity index (χ2v) is 2.92. The highest BCUT2D eigenvalue weighted by Gasteiger charge is 2.10. The summed E-state index contributed by atoms with van der Waals surface area (Å²) in [6.45, 7) is 0. The van der Waals surface area contributed by atoms with E-state index in [1.165, 1.54) is 4.52 Å². The van der Waals surface area contributed by atoms with E-state index in [0.717, 1.165) is 0 Å². The number of carbonyl (C=O) groups is 1. The highest BCUT2D eigenvalue weighted by molar-refractivity contribution is 6.30. The van der Waals surface area contributed by atoms with Gasteiger partial charge in [-0.05, 0) is 12.1 Å². The molecular weight excluding hydrogens is 192 g/mol. The van der Waals surface area contributed by atoms with Crippen LogP contribution in [-0.2, 0) is 0 Å². The second-order valence-electron chi connectivity index (χ2n) is 2.48. The number of hydrogen-bond acceptors (Lipinski definition) is 3. The molecule has 0 aromatic carbocycles. The third-order valence-corrected chi connectivity index (χ3v) is 1.83. The Morgan fingerprint density at radius 3 is 3.00 bits per heavy atom. The number of carbonyl (C=O) groups excluding carboxylic acids is 1. The maximum Gasteiger partial charge on any atom is 0.271 e. The van der Waals surface area contributed by atoms with E-state index >= 15 is 0 Å². The Bertz CT molecular complexity index is 478. The van der Waals surface area contributed by atoms with Gasteiger partial charge >= 0.3 is 0 Å². The van der Waals surface area contributed by atoms with Gasteiger partial charge in [-0.2, -0.15) is 0 Å². The Kier molecular flexibility index (Phi) is 1.66. The number of hydrogen-bond donors (Lipinski definition) is 1. The van der Waals surface area contributed by atoms with Crippen LogP contribution in [-0.4, -0.2) is 20.7 Å². The first-order valence-electron chi connectivity index (χ1n) is 3.49. The number of aromatic nitrogens is 3. The fourth-order valence-corrected chi connectivity index (χ4v) is 1.20. The highest BCUT2D eigenvalue weighted by Crippen LogP contribution is 2.12. The summed E-state index contributed by atoms with van der Waals surface area (Å²) in [6.07, 6.45) is 1.55. The predicted octanol–water partition coefficient (Wildman–Crippen LogP) is 0.482.